The van der Waals surface area contributed by atoms with Gasteiger partial charge in [0.1, 0.15) is 5.75 Å². The molecule has 0 amide bonds. The molecule has 118 valence electrons. The minimum absolute atomic E-state index is 0.370. The average Bonchev–Trinajstić information content (AvgIpc) is 2.47. The Morgan fingerprint density at radius 2 is 1.73 bits per heavy atom. The van der Waals surface area contributed by atoms with Gasteiger partial charge in [0, 0.05) is 17.3 Å². The van der Waals surface area contributed by atoms with E-state index in [1.807, 2.05) is 13.1 Å². The Bertz CT molecular complexity index is 648. The molecule has 0 atom stereocenters. The first-order valence-electron chi connectivity index (χ1n) is 8.45. The van der Waals surface area contributed by atoms with E-state index in [1.54, 1.807) is 0 Å². The van der Waals surface area contributed by atoms with Gasteiger partial charge in [-0.2, -0.15) is 0 Å². The van der Waals surface area contributed by atoms with Crippen molar-refractivity contribution in [2.75, 3.05) is 0 Å². The summed E-state index contributed by atoms with van der Waals surface area (Å²) in [4.78, 5) is 4.38. The average molecular weight is 297 g/mol. The fourth-order valence-corrected chi connectivity index (χ4v) is 3.54. The third-order valence-corrected chi connectivity index (χ3v) is 5.03. The van der Waals surface area contributed by atoms with Crippen LogP contribution in [-0.4, -0.2) is 11.1 Å². The molecule has 0 N–H and O–H groups in total. The molecule has 0 radical (unpaired) electrons. The van der Waals surface area contributed by atoms with Crippen molar-refractivity contribution in [3.8, 4) is 5.75 Å². The molecule has 1 aromatic carbocycles. The van der Waals surface area contributed by atoms with Gasteiger partial charge < -0.3 is 4.74 Å². The SMILES string of the molecule is Cc1cc2ccc(O[C@H]3CC[C@H](C(C)(C)C)CC3)cc2cn1. The monoisotopic (exact) mass is 297 g/mol. The van der Waals surface area contributed by atoms with Crippen molar-refractivity contribution in [1.82, 2.24) is 4.98 Å². The first kappa shape index (κ1) is 15.3. The summed E-state index contributed by atoms with van der Waals surface area (Å²) >= 11 is 0. The molecule has 2 aromatic rings. The van der Waals surface area contributed by atoms with E-state index < -0.39 is 0 Å². The number of hydrogen-bond acceptors (Lipinski definition) is 2. The number of pyridine rings is 1. The van der Waals surface area contributed by atoms with Crippen molar-refractivity contribution in [1.29, 1.82) is 0 Å². The molecule has 0 saturated heterocycles. The summed E-state index contributed by atoms with van der Waals surface area (Å²) in [6.07, 6.45) is 7.21. The Hall–Kier alpha value is -1.57. The van der Waals surface area contributed by atoms with Gasteiger partial charge in [0.15, 0.2) is 0 Å². The van der Waals surface area contributed by atoms with Crippen LogP contribution in [0.5, 0.6) is 5.75 Å². The summed E-state index contributed by atoms with van der Waals surface area (Å²) in [6.45, 7) is 9.10. The number of hydrogen-bond donors (Lipinski definition) is 0. The van der Waals surface area contributed by atoms with Crippen LogP contribution in [0.3, 0.4) is 0 Å². The number of ether oxygens (including phenoxy) is 1. The van der Waals surface area contributed by atoms with E-state index in [2.05, 4.69) is 50.0 Å². The fourth-order valence-electron chi connectivity index (χ4n) is 3.54. The predicted molar refractivity (Wildman–Crippen MR) is 92.3 cm³/mol. The fraction of sp³-hybridized carbons (Fsp3) is 0.550. The van der Waals surface area contributed by atoms with Crippen molar-refractivity contribution in [3.05, 3.63) is 36.2 Å². The van der Waals surface area contributed by atoms with E-state index in [0.717, 1.165) is 22.7 Å². The standard InChI is InChI=1S/C20H27NO/c1-14-11-15-5-8-19(12-16(15)13-21-14)22-18-9-6-17(7-10-18)20(2,3)4/h5,8,11-13,17-18H,6-7,9-10H2,1-4H3/t17-,18-. The highest BCUT2D eigenvalue weighted by molar-refractivity contribution is 5.83. The zero-order valence-electron chi connectivity index (χ0n) is 14.2. The molecule has 2 heteroatoms. The molecule has 1 saturated carbocycles. The van der Waals surface area contributed by atoms with Crippen LogP contribution in [0.2, 0.25) is 0 Å². The summed E-state index contributed by atoms with van der Waals surface area (Å²) in [5.41, 5.74) is 1.49. The Labute approximate surface area is 133 Å². The molecule has 2 nitrogen and oxygen atoms in total. The molecule has 1 aliphatic carbocycles. The highest BCUT2D eigenvalue weighted by atomic mass is 16.5. The van der Waals surface area contributed by atoms with Crippen LogP contribution in [-0.2, 0) is 0 Å². The van der Waals surface area contributed by atoms with Crippen LogP contribution in [0.15, 0.2) is 30.5 Å². The maximum Gasteiger partial charge on any atom is 0.120 e. The third-order valence-electron chi connectivity index (χ3n) is 5.03. The molecule has 1 aromatic heterocycles. The first-order valence-corrected chi connectivity index (χ1v) is 8.45. The molecule has 1 aliphatic rings. The van der Waals surface area contributed by atoms with Crippen LogP contribution >= 0.6 is 0 Å². The third kappa shape index (κ3) is 3.43. The lowest BCUT2D eigenvalue weighted by atomic mass is 9.72. The molecule has 0 unspecified atom stereocenters. The first-order chi connectivity index (χ1) is 10.4. The number of fused-ring (bicyclic) bond motifs is 1. The van der Waals surface area contributed by atoms with Crippen LogP contribution in [0.25, 0.3) is 10.8 Å². The Morgan fingerprint density at radius 3 is 2.41 bits per heavy atom. The van der Waals surface area contributed by atoms with Gasteiger partial charge in [-0.25, -0.2) is 0 Å². The topological polar surface area (TPSA) is 22.1 Å². The van der Waals surface area contributed by atoms with Crippen molar-refractivity contribution in [2.24, 2.45) is 11.3 Å². The summed E-state index contributed by atoms with van der Waals surface area (Å²) in [5.74, 6) is 1.81. The predicted octanol–water partition coefficient (Wildman–Crippen LogP) is 5.53. The molecule has 0 spiro atoms. The Kier molecular flexibility index (Phi) is 4.12. The maximum atomic E-state index is 6.23. The van der Waals surface area contributed by atoms with E-state index in [-0.39, 0.29) is 0 Å². The van der Waals surface area contributed by atoms with E-state index in [0.29, 0.717) is 11.5 Å². The zero-order valence-corrected chi connectivity index (χ0v) is 14.2. The van der Waals surface area contributed by atoms with Crippen LogP contribution in [0, 0.1) is 18.3 Å². The van der Waals surface area contributed by atoms with Gasteiger partial charge in [-0.05, 0) is 67.5 Å². The normalized spacial score (nSPS) is 22.7. The lowest BCUT2D eigenvalue weighted by molar-refractivity contribution is 0.0883. The molecule has 1 heterocycles. The second-order valence-corrected chi connectivity index (χ2v) is 7.79. The van der Waals surface area contributed by atoms with Gasteiger partial charge in [0.25, 0.3) is 0 Å². The highest BCUT2D eigenvalue weighted by Gasteiger charge is 2.30. The molecule has 0 aliphatic heterocycles. The highest BCUT2D eigenvalue weighted by Crippen LogP contribution is 2.38. The molecule has 22 heavy (non-hydrogen) atoms. The Morgan fingerprint density at radius 1 is 1.00 bits per heavy atom. The second kappa shape index (κ2) is 5.91. The van der Waals surface area contributed by atoms with Gasteiger partial charge in [0.2, 0.25) is 0 Å². The summed E-state index contributed by atoms with van der Waals surface area (Å²) in [6, 6.07) is 8.48. The van der Waals surface area contributed by atoms with E-state index in [9.17, 15) is 0 Å². The minimum atomic E-state index is 0.370. The van der Waals surface area contributed by atoms with Crippen LogP contribution in [0.4, 0.5) is 0 Å². The van der Waals surface area contributed by atoms with Crippen molar-refractivity contribution in [2.45, 2.75) is 59.5 Å². The number of aromatic nitrogens is 1. The molecular formula is C20H27NO. The van der Waals surface area contributed by atoms with Gasteiger partial charge in [-0.1, -0.05) is 26.8 Å². The minimum Gasteiger partial charge on any atom is -0.490 e. The number of benzene rings is 1. The Balaban J connectivity index is 1.66. The van der Waals surface area contributed by atoms with Crippen LogP contribution in [0.1, 0.15) is 52.1 Å². The van der Waals surface area contributed by atoms with E-state index in [4.69, 9.17) is 4.74 Å². The second-order valence-electron chi connectivity index (χ2n) is 7.79. The summed E-state index contributed by atoms with van der Waals surface area (Å²) < 4.78 is 6.23. The molecule has 1 fully saturated rings. The van der Waals surface area contributed by atoms with Gasteiger partial charge in [0.05, 0.1) is 6.10 Å². The molecule has 3 rings (SSSR count). The van der Waals surface area contributed by atoms with E-state index in [1.165, 1.54) is 31.1 Å². The van der Waals surface area contributed by atoms with Crippen molar-refractivity contribution >= 4 is 10.8 Å². The van der Waals surface area contributed by atoms with Crippen LogP contribution < -0.4 is 4.74 Å². The lowest BCUT2D eigenvalue weighted by Crippen LogP contribution is -2.30. The largest absolute Gasteiger partial charge is 0.490 e. The van der Waals surface area contributed by atoms with Crippen molar-refractivity contribution in [3.63, 3.8) is 0 Å². The number of nitrogens with zero attached hydrogens (tertiary/aromatic N) is 1. The molecular weight excluding hydrogens is 270 g/mol. The zero-order chi connectivity index (χ0) is 15.7. The van der Waals surface area contributed by atoms with E-state index >= 15 is 0 Å². The molecule has 0 bridgehead atoms. The lowest BCUT2D eigenvalue weighted by Gasteiger charge is -2.36. The number of aryl methyl sites for hydroxylation is 1. The quantitative estimate of drug-likeness (QED) is 0.727. The van der Waals surface area contributed by atoms with Gasteiger partial charge in [-0.15, -0.1) is 0 Å². The summed E-state index contributed by atoms with van der Waals surface area (Å²) in [5, 5.41) is 2.39. The maximum absolute atomic E-state index is 6.23. The van der Waals surface area contributed by atoms with Gasteiger partial charge in [-0.3, -0.25) is 4.98 Å². The number of rotatable bonds is 2. The summed E-state index contributed by atoms with van der Waals surface area (Å²) in [7, 11) is 0. The van der Waals surface area contributed by atoms with Gasteiger partial charge >= 0.3 is 0 Å². The van der Waals surface area contributed by atoms with Crippen molar-refractivity contribution < 1.29 is 4.74 Å². The smallest absolute Gasteiger partial charge is 0.120 e.